The summed E-state index contributed by atoms with van der Waals surface area (Å²) in [6, 6.07) is 5.26. The summed E-state index contributed by atoms with van der Waals surface area (Å²) < 4.78 is 22.5. The Morgan fingerprint density at radius 2 is 2.06 bits per heavy atom. The van der Waals surface area contributed by atoms with Gasteiger partial charge >= 0.3 is 0 Å². The lowest BCUT2D eigenvalue weighted by Gasteiger charge is -2.25. The van der Waals surface area contributed by atoms with Gasteiger partial charge in [0.15, 0.2) is 0 Å². The average molecular weight is 269 g/mol. The van der Waals surface area contributed by atoms with Crippen LogP contribution in [0.15, 0.2) is 23.1 Å². The van der Waals surface area contributed by atoms with Crippen LogP contribution in [0.5, 0.6) is 0 Å². The van der Waals surface area contributed by atoms with Crippen LogP contribution in [-0.4, -0.2) is 21.0 Å². The van der Waals surface area contributed by atoms with Crippen molar-refractivity contribution in [1.29, 1.82) is 0 Å². The van der Waals surface area contributed by atoms with Crippen molar-refractivity contribution in [3.05, 3.63) is 18.2 Å². The number of hydrogen-bond acceptors (Lipinski definition) is 4. The molecule has 1 fully saturated rings. The molecule has 0 aliphatic heterocycles. The molecule has 0 spiro atoms. The van der Waals surface area contributed by atoms with Crippen LogP contribution in [0, 0.1) is 0 Å². The molecule has 1 aliphatic rings. The van der Waals surface area contributed by atoms with Crippen molar-refractivity contribution >= 4 is 21.4 Å². The standard InChI is InChI=1S/C12H19N3O2S/c1-2-7-15(9-3-4-9)12-6-5-10(8-11(12)13)18(14,16)17/h5-6,8-9H,2-4,7,13H2,1H3,(H2,14,16,17). The first-order chi connectivity index (χ1) is 8.43. The molecule has 0 amide bonds. The van der Waals surface area contributed by atoms with Gasteiger partial charge in [-0.25, -0.2) is 13.6 Å². The van der Waals surface area contributed by atoms with E-state index in [4.69, 9.17) is 10.9 Å². The second-order valence-corrected chi connectivity index (χ2v) is 6.25. The maximum atomic E-state index is 11.2. The Bertz CT molecular complexity index is 538. The fourth-order valence-electron chi connectivity index (χ4n) is 2.10. The van der Waals surface area contributed by atoms with Crippen LogP contribution in [-0.2, 0) is 10.0 Å². The molecule has 2 rings (SSSR count). The largest absolute Gasteiger partial charge is 0.397 e. The van der Waals surface area contributed by atoms with E-state index in [-0.39, 0.29) is 4.90 Å². The molecule has 1 aromatic rings. The molecule has 100 valence electrons. The van der Waals surface area contributed by atoms with Gasteiger partial charge < -0.3 is 10.6 Å². The molecule has 0 radical (unpaired) electrons. The lowest BCUT2D eigenvalue weighted by Crippen LogP contribution is -2.27. The van der Waals surface area contributed by atoms with Crippen molar-refractivity contribution < 1.29 is 8.42 Å². The predicted octanol–water partition coefficient (Wildman–Crippen LogP) is 1.30. The molecular weight excluding hydrogens is 250 g/mol. The van der Waals surface area contributed by atoms with E-state index in [9.17, 15) is 8.42 Å². The third-order valence-electron chi connectivity index (χ3n) is 3.09. The van der Waals surface area contributed by atoms with Gasteiger partial charge in [0.2, 0.25) is 10.0 Å². The molecular formula is C12H19N3O2S. The van der Waals surface area contributed by atoms with E-state index in [1.165, 1.54) is 25.0 Å². The van der Waals surface area contributed by atoms with E-state index in [0.717, 1.165) is 18.7 Å². The average Bonchev–Trinajstić information content (AvgIpc) is 3.09. The van der Waals surface area contributed by atoms with Crippen molar-refractivity contribution in [1.82, 2.24) is 0 Å². The third-order valence-corrected chi connectivity index (χ3v) is 4.00. The number of hydrogen-bond donors (Lipinski definition) is 2. The summed E-state index contributed by atoms with van der Waals surface area (Å²) >= 11 is 0. The highest BCUT2D eigenvalue weighted by Gasteiger charge is 2.29. The Balaban J connectivity index is 2.33. The number of rotatable bonds is 5. The molecule has 0 unspecified atom stereocenters. The Hall–Kier alpha value is -1.27. The fraction of sp³-hybridized carbons (Fsp3) is 0.500. The first-order valence-electron chi connectivity index (χ1n) is 6.12. The SMILES string of the molecule is CCCN(c1ccc(S(N)(=O)=O)cc1N)C1CC1. The maximum absolute atomic E-state index is 11.2. The van der Waals surface area contributed by atoms with Crippen molar-refractivity contribution in [3.8, 4) is 0 Å². The zero-order valence-electron chi connectivity index (χ0n) is 10.5. The zero-order valence-corrected chi connectivity index (χ0v) is 11.3. The summed E-state index contributed by atoms with van der Waals surface area (Å²) in [6.45, 7) is 3.05. The molecule has 0 saturated heterocycles. The molecule has 1 saturated carbocycles. The Kier molecular flexibility index (Phi) is 3.49. The summed E-state index contributed by atoms with van der Waals surface area (Å²) in [5.74, 6) is 0. The summed E-state index contributed by atoms with van der Waals surface area (Å²) in [5.41, 5.74) is 7.34. The van der Waals surface area contributed by atoms with Gasteiger partial charge in [-0.05, 0) is 37.5 Å². The maximum Gasteiger partial charge on any atom is 0.238 e. The minimum atomic E-state index is -3.68. The molecule has 0 bridgehead atoms. The van der Waals surface area contributed by atoms with Gasteiger partial charge in [0, 0.05) is 12.6 Å². The van der Waals surface area contributed by atoms with Gasteiger partial charge in [0.1, 0.15) is 0 Å². The van der Waals surface area contributed by atoms with Crippen LogP contribution in [0.3, 0.4) is 0 Å². The molecule has 18 heavy (non-hydrogen) atoms. The normalized spacial score (nSPS) is 15.7. The number of sulfonamides is 1. The Morgan fingerprint density at radius 3 is 2.50 bits per heavy atom. The number of primary sulfonamides is 1. The molecule has 1 aromatic carbocycles. The fourth-order valence-corrected chi connectivity index (χ4v) is 2.65. The predicted molar refractivity (Wildman–Crippen MR) is 72.9 cm³/mol. The minimum Gasteiger partial charge on any atom is -0.397 e. The molecule has 4 N–H and O–H groups in total. The highest BCUT2D eigenvalue weighted by molar-refractivity contribution is 7.89. The van der Waals surface area contributed by atoms with Gasteiger partial charge in [-0.1, -0.05) is 6.92 Å². The number of nitrogens with zero attached hydrogens (tertiary/aromatic N) is 1. The second kappa shape index (κ2) is 4.78. The lowest BCUT2D eigenvalue weighted by molar-refractivity contribution is 0.598. The van der Waals surface area contributed by atoms with E-state index in [1.54, 1.807) is 6.07 Å². The van der Waals surface area contributed by atoms with E-state index >= 15 is 0 Å². The summed E-state index contributed by atoms with van der Waals surface area (Å²) in [7, 11) is -3.68. The van der Waals surface area contributed by atoms with Gasteiger partial charge in [0.05, 0.1) is 16.3 Å². The van der Waals surface area contributed by atoms with Crippen LogP contribution in [0.25, 0.3) is 0 Å². The van der Waals surface area contributed by atoms with E-state index in [0.29, 0.717) is 11.7 Å². The van der Waals surface area contributed by atoms with Crippen molar-refractivity contribution in [2.45, 2.75) is 37.1 Å². The number of anilines is 2. The molecule has 0 aromatic heterocycles. The van der Waals surface area contributed by atoms with Gasteiger partial charge in [-0.2, -0.15) is 0 Å². The summed E-state index contributed by atoms with van der Waals surface area (Å²) in [5, 5.41) is 5.09. The molecule has 6 heteroatoms. The first kappa shape index (κ1) is 13.2. The molecule has 1 aliphatic carbocycles. The summed E-state index contributed by atoms with van der Waals surface area (Å²) in [4.78, 5) is 2.32. The Morgan fingerprint density at radius 1 is 1.39 bits per heavy atom. The summed E-state index contributed by atoms with van der Waals surface area (Å²) in [6.07, 6.45) is 3.39. The van der Waals surface area contributed by atoms with Crippen LogP contribution in [0.2, 0.25) is 0 Å². The highest BCUT2D eigenvalue weighted by atomic mass is 32.2. The van der Waals surface area contributed by atoms with Crippen molar-refractivity contribution in [3.63, 3.8) is 0 Å². The van der Waals surface area contributed by atoms with Crippen LogP contribution in [0.1, 0.15) is 26.2 Å². The highest BCUT2D eigenvalue weighted by Crippen LogP contribution is 2.35. The second-order valence-electron chi connectivity index (χ2n) is 4.69. The first-order valence-corrected chi connectivity index (χ1v) is 7.67. The van der Waals surface area contributed by atoms with Gasteiger partial charge in [-0.3, -0.25) is 0 Å². The van der Waals surface area contributed by atoms with Crippen molar-refractivity contribution in [2.75, 3.05) is 17.2 Å². The molecule has 0 heterocycles. The quantitative estimate of drug-likeness (QED) is 0.788. The van der Waals surface area contributed by atoms with E-state index in [1.807, 2.05) is 0 Å². The zero-order chi connectivity index (χ0) is 13.3. The van der Waals surface area contributed by atoms with E-state index in [2.05, 4.69) is 11.8 Å². The minimum absolute atomic E-state index is 0.0657. The van der Waals surface area contributed by atoms with Crippen LogP contribution in [0.4, 0.5) is 11.4 Å². The van der Waals surface area contributed by atoms with Gasteiger partial charge in [0.25, 0.3) is 0 Å². The molecule has 0 atom stereocenters. The number of nitrogen functional groups attached to an aromatic ring is 1. The lowest BCUT2D eigenvalue weighted by atomic mass is 10.2. The number of nitrogens with two attached hydrogens (primary N) is 2. The monoisotopic (exact) mass is 269 g/mol. The topological polar surface area (TPSA) is 89.4 Å². The smallest absolute Gasteiger partial charge is 0.238 e. The Labute approximate surface area is 108 Å². The van der Waals surface area contributed by atoms with Crippen LogP contribution < -0.4 is 15.8 Å². The van der Waals surface area contributed by atoms with Crippen LogP contribution >= 0.6 is 0 Å². The molecule has 5 nitrogen and oxygen atoms in total. The van der Waals surface area contributed by atoms with Crippen molar-refractivity contribution in [2.24, 2.45) is 5.14 Å². The van der Waals surface area contributed by atoms with E-state index < -0.39 is 10.0 Å². The third kappa shape index (κ3) is 2.76. The van der Waals surface area contributed by atoms with Gasteiger partial charge in [-0.15, -0.1) is 0 Å². The number of benzene rings is 1.